The van der Waals surface area contributed by atoms with E-state index in [1.54, 1.807) is 7.05 Å². The normalized spacial score (nSPS) is 10.5. The SMILES string of the molecule is C=C(NC)/C(O)=C/C(=O)NC. The molecule has 0 aromatic carbocycles. The number of nitrogens with one attached hydrogen (secondary N) is 2. The topological polar surface area (TPSA) is 61.4 Å². The van der Waals surface area contributed by atoms with Crippen LogP contribution in [0.2, 0.25) is 0 Å². The second kappa shape index (κ2) is 4.38. The van der Waals surface area contributed by atoms with Gasteiger partial charge < -0.3 is 15.7 Å². The van der Waals surface area contributed by atoms with Crippen molar-refractivity contribution in [3.8, 4) is 0 Å². The van der Waals surface area contributed by atoms with E-state index in [2.05, 4.69) is 17.2 Å². The molecule has 0 aliphatic heterocycles. The summed E-state index contributed by atoms with van der Waals surface area (Å²) in [6, 6.07) is 0. The molecule has 0 atom stereocenters. The molecule has 0 aromatic rings. The summed E-state index contributed by atoms with van der Waals surface area (Å²) in [4.78, 5) is 10.6. The first-order valence-electron chi connectivity index (χ1n) is 3.11. The number of hydrogen-bond donors (Lipinski definition) is 3. The first-order chi connectivity index (χ1) is 5.11. The smallest absolute Gasteiger partial charge is 0.247 e. The lowest BCUT2D eigenvalue weighted by Gasteiger charge is -2.01. The van der Waals surface area contributed by atoms with Crippen LogP contribution in [0.1, 0.15) is 0 Å². The van der Waals surface area contributed by atoms with E-state index in [9.17, 15) is 4.79 Å². The van der Waals surface area contributed by atoms with E-state index in [-0.39, 0.29) is 11.7 Å². The van der Waals surface area contributed by atoms with Crippen LogP contribution in [0.5, 0.6) is 0 Å². The van der Waals surface area contributed by atoms with Crippen molar-refractivity contribution in [2.24, 2.45) is 0 Å². The summed E-state index contributed by atoms with van der Waals surface area (Å²) >= 11 is 0. The molecule has 0 aliphatic carbocycles. The van der Waals surface area contributed by atoms with Crippen LogP contribution in [0.4, 0.5) is 0 Å². The van der Waals surface area contributed by atoms with Gasteiger partial charge in [0.15, 0.2) is 0 Å². The highest BCUT2D eigenvalue weighted by Crippen LogP contribution is 1.96. The Morgan fingerprint density at radius 1 is 1.45 bits per heavy atom. The van der Waals surface area contributed by atoms with Gasteiger partial charge in [-0.05, 0) is 0 Å². The highest BCUT2D eigenvalue weighted by atomic mass is 16.3. The average Bonchev–Trinajstić information content (AvgIpc) is 2.02. The van der Waals surface area contributed by atoms with Gasteiger partial charge in [0.25, 0.3) is 0 Å². The molecule has 3 N–H and O–H groups in total. The summed E-state index contributed by atoms with van der Waals surface area (Å²) in [6.07, 6.45) is 1.05. The van der Waals surface area contributed by atoms with Gasteiger partial charge in [0.2, 0.25) is 5.91 Å². The highest BCUT2D eigenvalue weighted by molar-refractivity contribution is 5.88. The zero-order chi connectivity index (χ0) is 8.85. The molecule has 4 nitrogen and oxygen atoms in total. The van der Waals surface area contributed by atoms with Crippen molar-refractivity contribution in [2.45, 2.75) is 0 Å². The molecule has 0 heterocycles. The number of aliphatic hydroxyl groups excluding tert-OH is 1. The standard InChI is InChI=1S/C7H12N2O2/c1-5(8-2)6(10)4-7(11)9-3/h4,8,10H,1H2,2-3H3,(H,9,11)/b6-4-. The summed E-state index contributed by atoms with van der Waals surface area (Å²) in [5.74, 6) is -0.522. The quantitative estimate of drug-likeness (QED) is 0.304. The molecule has 0 unspecified atom stereocenters. The summed E-state index contributed by atoms with van der Waals surface area (Å²) in [7, 11) is 3.09. The fourth-order valence-electron chi connectivity index (χ4n) is 0.412. The summed E-state index contributed by atoms with van der Waals surface area (Å²) in [5, 5.41) is 14.0. The third kappa shape index (κ3) is 3.30. The first kappa shape index (κ1) is 9.55. The Bertz CT molecular complexity index is 197. The molecular formula is C7H12N2O2. The predicted octanol–water partition coefficient (Wildman–Crippen LogP) is -0.0926. The summed E-state index contributed by atoms with van der Waals surface area (Å²) in [5.41, 5.74) is 0.314. The predicted molar refractivity (Wildman–Crippen MR) is 43.0 cm³/mol. The monoisotopic (exact) mass is 156 g/mol. The molecule has 1 amide bonds. The minimum atomic E-state index is -0.362. The van der Waals surface area contributed by atoms with E-state index >= 15 is 0 Å². The van der Waals surface area contributed by atoms with Gasteiger partial charge in [0.05, 0.1) is 5.70 Å². The van der Waals surface area contributed by atoms with E-state index in [1.165, 1.54) is 7.05 Å². The van der Waals surface area contributed by atoms with Gasteiger partial charge in [-0.15, -0.1) is 0 Å². The number of carbonyl (C=O) groups is 1. The Hall–Kier alpha value is -1.45. The Labute approximate surface area is 65.6 Å². The van der Waals surface area contributed by atoms with Gasteiger partial charge in [0, 0.05) is 20.2 Å². The molecule has 0 bridgehead atoms. The molecule has 0 saturated carbocycles. The van der Waals surface area contributed by atoms with Crippen LogP contribution in [-0.4, -0.2) is 25.1 Å². The van der Waals surface area contributed by atoms with E-state index < -0.39 is 0 Å². The van der Waals surface area contributed by atoms with Crippen LogP contribution < -0.4 is 10.6 Å². The molecule has 0 aliphatic rings. The van der Waals surface area contributed by atoms with E-state index in [0.717, 1.165) is 6.08 Å². The molecule has 0 aromatic heterocycles. The maximum Gasteiger partial charge on any atom is 0.247 e. The fraction of sp³-hybridized carbons (Fsp3) is 0.286. The number of hydrogen-bond acceptors (Lipinski definition) is 3. The van der Waals surface area contributed by atoms with Gasteiger partial charge in [-0.3, -0.25) is 4.79 Å². The van der Waals surface area contributed by atoms with Crippen LogP contribution >= 0.6 is 0 Å². The summed E-state index contributed by atoms with van der Waals surface area (Å²) in [6.45, 7) is 3.45. The van der Waals surface area contributed by atoms with Crippen LogP contribution in [0.3, 0.4) is 0 Å². The molecule has 0 radical (unpaired) electrons. The van der Waals surface area contributed by atoms with Crippen molar-refractivity contribution in [1.82, 2.24) is 10.6 Å². The fourth-order valence-corrected chi connectivity index (χ4v) is 0.412. The van der Waals surface area contributed by atoms with Crippen molar-refractivity contribution >= 4 is 5.91 Å². The number of carbonyl (C=O) groups excluding carboxylic acids is 1. The van der Waals surface area contributed by atoms with Crippen LogP contribution in [0.25, 0.3) is 0 Å². The van der Waals surface area contributed by atoms with Crippen molar-refractivity contribution in [2.75, 3.05) is 14.1 Å². The molecule has 0 spiro atoms. The van der Waals surface area contributed by atoms with Crippen LogP contribution in [0, 0.1) is 0 Å². The number of rotatable bonds is 3. The van der Waals surface area contributed by atoms with Crippen molar-refractivity contribution in [3.05, 3.63) is 24.1 Å². The Balaban J connectivity index is 4.21. The number of likely N-dealkylation sites (N-methyl/N-ethyl adjacent to an activating group) is 2. The third-order valence-corrected chi connectivity index (χ3v) is 1.13. The molecule has 0 rings (SSSR count). The molecule has 11 heavy (non-hydrogen) atoms. The van der Waals surface area contributed by atoms with Gasteiger partial charge in [-0.2, -0.15) is 0 Å². The van der Waals surface area contributed by atoms with Crippen molar-refractivity contribution < 1.29 is 9.90 Å². The molecule has 0 saturated heterocycles. The second-order valence-electron chi connectivity index (χ2n) is 1.87. The molecule has 4 heteroatoms. The van der Waals surface area contributed by atoms with Crippen molar-refractivity contribution in [3.63, 3.8) is 0 Å². The Morgan fingerprint density at radius 3 is 2.36 bits per heavy atom. The maximum absolute atomic E-state index is 10.6. The van der Waals surface area contributed by atoms with Gasteiger partial charge in [0.1, 0.15) is 5.76 Å². The second-order valence-corrected chi connectivity index (χ2v) is 1.87. The van der Waals surface area contributed by atoms with Gasteiger partial charge in [-0.25, -0.2) is 0 Å². The zero-order valence-electron chi connectivity index (χ0n) is 6.64. The molecule has 0 fully saturated rings. The third-order valence-electron chi connectivity index (χ3n) is 1.13. The Morgan fingerprint density at radius 2 is 2.00 bits per heavy atom. The van der Waals surface area contributed by atoms with Crippen molar-refractivity contribution in [1.29, 1.82) is 0 Å². The van der Waals surface area contributed by atoms with E-state index in [4.69, 9.17) is 5.11 Å². The zero-order valence-corrected chi connectivity index (χ0v) is 6.64. The lowest BCUT2D eigenvalue weighted by molar-refractivity contribution is -0.116. The highest BCUT2D eigenvalue weighted by Gasteiger charge is 1.99. The van der Waals surface area contributed by atoms with Crippen LogP contribution in [0.15, 0.2) is 24.1 Å². The van der Waals surface area contributed by atoms with Gasteiger partial charge >= 0.3 is 0 Å². The summed E-state index contributed by atoms with van der Waals surface area (Å²) < 4.78 is 0. The largest absolute Gasteiger partial charge is 0.506 e. The molecular weight excluding hydrogens is 144 g/mol. The lowest BCUT2D eigenvalue weighted by atomic mass is 10.3. The first-order valence-corrected chi connectivity index (χ1v) is 3.11. The molecule has 62 valence electrons. The van der Waals surface area contributed by atoms with E-state index in [1.807, 2.05) is 0 Å². The lowest BCUT2D eigenvalue weighted by Crippen LogP contribution is -2.16. The van der Waals surface area contributed by atoms with Gasteiger partial charge in [-0.1, -0.05) is 6.58 Å². The Kier molecular flexibility index (Phi) is 3.80. The van der Waals surface area contributed by atoms with E-state index in [0.29, 0.717) is 5.70 Å². The number of amides is 1. The minimum Gasteiger partial charge on any atom is -0.506 e. The average molecular weight is 156 g/mol. The maximum atomic E-state index is 10.6. The number of aliphatic hydroxyl groups is 1. The minimum absolute atomic E-state index is 0.160. The van der Waals surface area contributed by atoms with Crippen LogP contribution in [-0.2, 0) is 4.79 Å².